The first-order valence-electron chi connectivity index (χ1n) is 8.78. The molecule has 0 radical (unpaired) electrons. The molecule has 0 aliphatic carbocycles. The predicted molar refractivity (Wildman–Crippen MR) is 99.2 cm³/mol. The fourth-order valence-electron chi connectivity index (χ4n) is 3.49. The quantitative estimate of drug-likeness (QED) is 0.771. The summed E-state index contributed by atoms with van der Waals surface area (Å²) in [5.74, 6) is 0.872. The maximum Gasteiger partial charge on any atom is 0.251 e. The summed E-state index contributed by atoms with van der Waals surface area (Å²) in [6.07, 6.45) is 2.31. The van der Waals surface area contributed by atoms with Gasteiger partial charge in [0.1, 0.15) is 5.82 Å². The van der Waals surface area contributed by atoms with Crippen molar-refractivity contribution in [2.75, 3.05) is 13.1 Å². The molecule has 2 heterocycles. The molecule has 0 spiro atoms. The fraction of sp³-hybridized carbons (Fsp3) is 0.300. The number of nitrogens with one attached hydrogen (secondary N) is 2. The molecule has 1 aliphatic rings. The Labute approximate surface area is 147 Å². The summed E-state index contributed by atoms with van der Waals surface area (Å²) in [6.45, 7) is 3.70. The fourth-order valence-corrected chi connectivity index (χ4v) is 3.49. The minimum atomic E-state index is -0.0393. The molecule has 1 aliphatic heterocycles. The molecule has 25 heavy (non-hydrogen) atoms. The van der Waals surface area contributed by atoms with E-state index in [2.05, 4.69) is 32.3 Å². The summed E-state index contributed by atoms with van der Waals surface area (Å²) >= 11 is 0. The number of nitrogens with zero attached hydrogens (tertiary/aromatic N) is 2. The van der Waals surface area contributed by atoms with Crippen LogP contribution in [-0.2, 0) is 0 Å². The molecule has 1 aromatic heterocycles. The van der Waals surface area contributed by atoms with Crippen molar-refractivity contribution in [3.8, 4) is 5.69 Å². The Hall–Kier alpha value is -2.66. The third-order valence-corrected chi connectivity index (χ3v) is 4.77. The predicted octanol–water partition coefficient (Wildman–Crippen LogP) is 2.82. The van der Waals surface area contributed by atoms with Crippen molar-refractivity contribution in [2.45, 2.75) is 25.8 Å². The molecular weight excluding hydrogens is 312 g/mol. The summed E-state index contributed by atoms with van der Waals surface area (Å²) in [7, 11) is 0. The summed E-state index contributed by atoms with van der Waals surface area (Å²) in [4.78, 5) is 17.1. The minimum Gasteiger partial charge on any atom is -0.350 e. The van der Waals surface area contributed by atoms with Crippen molar-refractivity contribution >= 4 is 16.9 Å². The van der Waals surface area contributed by atoms with Gasteiger partial charge in [-0.3, -0.25) is 9.36 Å². The number of aromatic nitrogens is 2. The molecule has 0 bridgehead atoms. The van der Waals surface area contributed by atoms with E-state index in [-0.39, 0.29) is 5.91 Å². The van der Waals surface area contributed by atoms with Crippen molar-refractivity contribution in [1.82, 2.24) is 20.2 Å². The minimum absolute atomic E-state index is 0.0393. The third kappa shape index (κ3) is 3.15. The van der Waals surface area contributed by atoms with E-state index in [1.807, 2.05) is 43.3 Å². The van der Waals surface area contributed by atoms with Gasteiger partial charge in [-0.1, -0.05) is 18.2 Å². The lowest BCUT2D eigenvalue weighted by atomic mass is 10.1. The van der Waals surface area contributed by atoms with E-state index in [1.54, 1.807) is 0 Å². The molecule has 0 saturated carbocycles. The second kappa shape index (κ2) is 6.69. The van der Waals surface area contributed by atoms with Crippen molar-refractivity contribution in [1.29, 1.82) is 0 Å². The van der Waals surface area contributed by atoms with Crippen LogP contribution in [0, 0.1) is 6.92 Å². The Bertz CT molecular complexity index is 895. The van der Waals surface area contributed by atoms with Gasteiger partial charge in [0.15, 0.2) is 0 Å². The van der Waals surface area contributed by atoms with Crippen LogP contribution in [0.4, 0.5) is 0 Å². The SMILES string of the molecule is Cc1nc2cc(C(=O)NCC3CCCN3)ccc2n1-c1ccccc1. The zero-order chi connectivity index (χ0) is 17.2. The smallest absolute Gasteiger partial charge is 0.251 e. The lowest BCUT2D eigenvalue weighted by Crippen LogP contribution is -2.37. The number of hydrogen-bond donors (Lipinski definition) is 2. The number of rotatable bonds is 4. The van der Waals surface area contributed by atoms with Crippen molar-refractivity contribution in [3.05, 3.63) is 59.9 Å². The van der Waals surface area contributed by atoms with Gasteiger partial charge in [0.2, 0.25) is 0 Å². The Morgan fingerprint density at radius 3 is 2.88 bits per heavy atom. The number of para-hydroxylation sites is 1. The molecule has 1 fully saturated rings. The van der Waals surface area contributed by atoms with Gasteiger partial charge in [-0.2, -0.15) is 0 Å². The van der Waals surface area contributed by atoms with Crippen LogP contribution in [0.15, 0.2) is 48.5 Å². The molecule has 2 N–H and O–H groups in total. The van der Waals surface area contributed by atoms with Crippen LogP contribution in [0.2, 0.25) is 0 Å². The molecule has 5 nitrogen and oxygen atoms in total. The summed E-state index contributed by atoms with van der Waals surface area (Å²) in [6, 6.07) is 16.3. The average molecular weight is 334 g/mol. The number of amides is 1. The van der Waals surface area contributed by atoms with Gasteiger partial charge in [-0.05, 0) is 56.6 Å². The van der Waals surface area contributed by atoms with Gasteiger partial charge in [-0.15, -0.1) is 0 Å². The largest absolute Gasteiger partial charge is 0.350 e. The number of carbonyl (C=O) groups excluding carboxylic acids is 1. The van der Waals surface area contributed by atoms with Gasteiger partial charge >= 0.3 is 0 Å². The van der Waals surface area contributed by atoms with Gasteiger partial charge in [0.05, 0.1) is 11.0 Å². The molecular formula is C20H22N4O. The van der Waals surface area contributed by atoms with Crippen LogP contribution in [0.3, 0.4) is 0 Å². The van der Waals surface area contributed by atoms with Crippen LogP contribution < -0.4 is 10.6 Å². The molecule has 1 amide bonds. The van der Waals surface area contributed by atoms with E-state index < -0.39 is 0 Å². The number of carbonyl (C=O) groups is 1. The second-order valence-corrected chi connectivity index (χ2v) is 6.54. The highest BCUT2D eigenvalue weighted by molar-refractivity contribution is 5.97. The maximum absolute atomic E-state index is 12.4. The molecule has 5 heteroatoms. The van der Waals surface area contributed by atoms with Crippen molar-refractivity contribution < 1.29 is 4.79 Å². The van der Waals surface area contributed by atoms with Crippen LogP contribution >= 0.6 is 0 Å². The van der Waals surface area contributed by atoms with Gasteiger partial charge in [0, 0.05) is 23.8 Å². The standard InChI is InChI=1S/C20H22N4O/c1-14-23-18-12-15(20(25)22-13-16-6-5-11-21-16)9-10-19(18)24(14)17-7-3-2-4-8-17/h2-4,7-10,12,16,21H,5-6,11,13H2,1H3,(H,22,25). The topological polar surface area (TPSA) is 59.0 Å². The second-order valence-electron chi connectivity index (χ2n) is 6.54. The molecule has 1 unspecified atom stereocenters. The Kier molecular flexibility index (Phi) is 4.24. The monoisotopic (exact) mass is 334 g/mol. The van der Waals surface area contributed by atoms with Crippen LogP contribution in [0.1, 0.15) is 29.0 Å². The number of imidazole rings is 1. The summed E-state index contributed by atoms with van der Waals surface area (Å²) in [5, 5.41) is 6.41. The number of aryl methyl sites for hydroxylation is 1. The molecule has 3 aromatic rings. The third-order valence-electron chi connectivity index (χ3n) is 4.77. The van der Waals surface area contributed by atoms with Crippen LogP contribution in [0.5, 0.6) is 0 Å². The molecule has 2 aromatic carbocycles. The van der Waals surface area contributed by atoms with Crippen molar-refractivity contribution in [3.63, 3.8) is 0 Å². The number of fused-ring (bicyclic) bond motifs is 1. The zero-order valence-corrected chi connectivity index (χ0v) is 14.3. The maximum atomic E-state index is 12.4. The first kappa shape index (κ1) is 15.8. The normalized spacial score (nSPS) is 17.1. The van der Waals surface area contributed by atoms with Crippen LogP contribution in [0.25, 0.3) is 16.7 Å². The highest BCUT2D eigenvalue weighted by Gasteiger charge is 2.16. The summed E-state index contributed by atoms with van der Waals surface area (Å²) < 4.78 is 2.11. The van der Waals surface area contributed by atoms with E-state index >= 15 is 0 Å². The molecule has 128 valence electrons. The Balaban J connectivity index is 1.59. The number of hydrogen-bond acceptors (Lipinski definition) is 3. The number of benzene rings is 2. The van der Waals surface area contributed by atoms with E-state index in [1.165, 1.54) is 6.42 Å². The van der Waals surface area contributed by atoms with E-state index in [0.29, 0.717) is 18.2 Å². The van der Waals surface area contributed by atoms with Gasteiger partial charge < -0.3 is 10.6 Å². The molecule has 4 rings (SSSR count). The van der Waals surface area contributed by atoms with Gasteiger partial charge in [-0.25, -0.2) is 4.98 Å². The highest BCUT2D eigenvalue weighted by Crippen LogP contribution is 2.22. The van der Waals surface area contributed by atoms with Crippen LogP contribution in [-0.4, -0.2) is 34.6 Å². The first-order valence-corrected chi connectivity index (χ1v) is 8.78. The lowest BCUT2D eigenvalue weighted by molar-refractivity contribution is 0.0950. The summed E-state index contributed by atoms with van der Waals surface area (Å²) in [5.41, 5.74) is 3.58. The lowest BCUT2D eigenvalue weighted by Gasteiger charge is -2.11. The van der Waals surface area contributed by atoms with E-state index in [4.69, 9.17) is 0 Å². The zero-order valence-electron chi connectivity index (χ0n) is 14.3. The van der Waals surface area contributed by atoms with E-state index in [9.17, 15) is 4.79 Å². The molecule has 1 saturated heterocycles. The van der Waals surface area contributed by atoms with Gasteiger partial charge in [0.25, 0.3) is 5.91 Å². The van der Waals surface area contributed by atoms with E-state index in [0.717, 1.165) is 35.5 Å². The Morgan fingerprint density at radius 1 is 1.28 bits per heavy atom. The highest BCUT2D eigenvalue weighted by atomic mass is 16.1. The Morgan fingerprint density at radius 2 is 2.12 bits per heavy atom. The average Bonchev–Trinajstić information content (AvgIpc) is 3.26. The first-order chi connectivity index (χ1) is 12.2. The van der Waals surface area contributed by atoms with Crippen molar-refractivity contribution in [2.24, 2.45) is 0 Å². The molecule has 1 atom stereocenters.